The fourth-order valence-corrected chi connectivity index (χ4v) is 1.45. The number of aromatic nitrogens is 1. The first-order valence-electron chi connectivity index (χ1n) is 5.02. The van der Waals surface area contributed by atoms with Gasteiger partial charge in [0, 0.05) is 30.9 Å². The van der Waals surface area contributed by atoms with Gasteiger partial charge < -0.3 is 5.32 Å². The molecule has 1 aliphatic heterocycles. The molecule has 0 bridgehead atoms. The smallest absolute Gasteiger partial charge is 0.0464 e. The molecule has 0 saturated carbocycles. The first kappa shape index (κ1) is 10.2. The van der Waals surface area contributed by atoms with Gasteiger partial charge in [0.1, 0.15) is 0 Å². The molecular weight excluding hydrogens is 160 g/mol. The first-order chi connectivity index (χ1) is 6.36. The lowest BCUT2D eigenvalue weighted by molar-refractivity contribution is 0.628. The van der Waals surface area contributed by atoms with Crippen LogP contribution in [-0.4, -0.2) is 11.5 Å². The zero-order valence-electron chi connectivity index (χ0n) is 8.72. The van der Waals surface area contributed by atoms with E-state index in [0.29, 0.717) is 0 Å². The SMILES string of the molecule is CC.Cc1ccc2c(n1)CCNC2. The van der Waals surface area contributed by atoms with E-state index in [2.05, 4.69) is 22.4 Å². The Morgan fingerprint density at radius 3 is 2.85 bits per heavy atom. The molecule has 0 amide bonds. The van der Waals surface area contributed by atoms with Crippen molar-refractivity contribution in [2.45, 2.75) is 33.7 Å². The topological polar surface area (TPSA) is 24.9 Å². The number of nitrogens with one attached hydrogen (secondary N) is 1. The molecule has 2 nitrogen and oxygen atoms in total. The van der Waals surface area contributed by atoms with Gasteiger partial charge in [-0.15, -0.1) is 0 Å². The van der Waals surface area contributed by atoms with Crippen LogP contribution in [0.15, 0.2) is 12.1 Å². The van der Waals surface area contributed by atoms with E-state index in [1.807, 2.05) is 20.8 Å². The van der Waals surface area contributed by atoms with Crippen molar-refractivity contribution in [2.24, 2.45) is 0 Å². The second-order valence-corrected chi connectivity index (χ2v) is 2.99. The van der Waals surface area contributed by atoms with Crippen LogP contribution in [0.25, 0.3) is 0 Å². The molecule has 2 heteroatoms. The van der Waals surface area contributed by atoms with Gasteiger partial charge in [0.25, 0.3) is 0 Å². The van der Waals surface area contributed by atoms with E-state index in [4.69, 9.17) is 0 Å². The summed E-state index contributed by atoms with van der Waals surface area (Å²) in [6.45, 7) is 8.11. The Hall–Kier alpha value is -0.890. The Morgan fingerprint density at radius 2 is 2.08 bits per heavy atom. The minimum Gasteiger partial charge on any atom is -0.312 e. The van der Waals surface area contributed by atoms with E-state index in [0.717, 1.165) is 25.2 Å². The maximum Gasteiger partial charge on any atom is 0.0464 e. The summed E-state index contributed by atoms with van der Waals surface area (Å²) in [6, 6.07) is 4.25. The number of aryl methyl sites for hydroxylation is 1. The predicted octanol–water partition coefficient (Wildman–Crippen LogP) is 2.06. The normalized spacial score (nSPS) is 14.1. The van der Waals surface area contributed by atoms with Crippen molar-refractivity contribution in [1.29, 1.82) is 0 Å². The molecule has 1 aromatic heterocycles. The molecule has 1 aliphatic rings. The van der Waals surface area contributed by atoms with E-state index in [1.165, 1.54) is 11.3 Å². The Morgan fingerprint density at radius 1 is 1.31 bits per heavy atom. The second kappa shape index (κ2) is 4.97. The fourth-order valence-electron chi connectivity index (χ4n) is 1.45. The Bertz CT molecular complexity index is 269. The molecule has 0 atom stereocenters. The van der Waals surface area contributed by atoms with E-state index in [-0.39, 0.29) is 0 Å². The van der Waals surface area contributed by atoms with Crippen LogP contribution in [0.1, 0.15) is 30.8 Å². The molecule has 0 saturated heterocycles. The third-order valence-electron chi connectivity index (χ3n) is 2.06. The van der Waals surface area contributed by atoms with Crippen LogP contribution in [0.2, 0.25) is 0 Å². The maximum atomic E-state index is 4.47. The Balaban J connectivity index is 0.000000396. The number of fused-ring (bicyclic) bond motifs is 1. The van der Waals surface area contributed by atoms with Crippen LogP contribution in [0.5, 0.6) is 0 Å². The minimum atomic E-state index is 0.989. The van der Waals surface area contributed by atoms with Crippen LogP contribution >= 0.6 is 0 Å². The summed E-state index contributed by atoms with van der Waals surface area (Å²) in [7, 11) is 0. The Kier molecular flexibility index (Phi) is 3.90. The van der Waals surface area contributed by atoms with Crippen molar-refractivity contribution in [2.75, 3.05) is 6.54 Å². The van der Waals surface area contributed by atoms with Crippen molar-refractivity contribution in [3.8, 4) is 0 Å². The second-order valence-electron chi connectivity index (χ2n) is 2.99. The van der Waals surface area contributed by atoms with E-state index >= 15 is 0 Å². The lowest BCUT2D eigenvalue weighted by Gasteiger charge is -2.15. The molecule has 0 unspecified atom stereocenters. The van der Waals surface area contributed by atoms with Gasteiger partial charge in [-0.05, 0) is 18.6 Å². The average molecular weight is 178 g/mol. The monoisotopic (exact) mass is 178 g/mol. The molecule has 2 rings (SSSR count). The zero-order chi connectivity index (χ0) is 9.68. The van der Waals surface area contributed by atoms with Crippen molar-refractivity contribution in [3.63, 3.8) is 0 Å². The van der Waals surface area contributed by atoms with Gasteiger partial charge in [-0.25, -0.2) is 0 Å². The molecule has 0 aromatic carbocycles. The average Bonchev–Trinajstić information content (AvgIpc) is 2.21. The summed E-state index contributed by atoms with van der Waals surface area (Å²) in [5.41, 5.74) is 3.77. The predicted molar refractivity (Wildman–Crippen MR) is 55.7 cm³/mol. The molecule has 0 fully saturated rings. The first-order valence-corrected chi connectivity index (χ1v) is 5.02. The highest BCUT2D eigenvalue weighted by Gasteiger charge is 2.08. The summed E-state index contributed by atoms with van der Waals surface area (Å²) in [6.07, 6.45) is 1.08. The fraction of sp³-hybridized carbons (Fsp3) is 0.545. The zero-order valence-corrected chi connectivity index (χ0v) is 8.72. The molecule has 0 radical (unpaired) electrons. The molecule has 13 heavy (non-hydrogen) atoms. The lowest BCUT2D eigenvalue weighted by atomic mass is 10.1. The van der Waals surface area contributed by atoms with Crippen LogP contribution in [0, 0.1) is 6.92 Å². The minimum absolute atomic E-state index is 0.989. The number of rotatable bonds is 0. The molecule has 2 heterocycles. The number of pyridine rings is 1. The van der Waals surface area contributed by atoms with Gasteiger partial charge in [0.2, 0.25) is 0 Å². The van der Waals surface area contributed by atoms with Crippen molar-refractivity contribution >= 4 is 0 Å². The molecule has 0 aliphatic carbocycles. The lowest BCUT2D eigenvalue weighted by Crippen LogP contribution is -2.24. The molecular formula is C11H18N2. The van der Waals surface area contributed by atoms with Gasteiger partial charge in [0.15, 0.2) is 0 Å². The molecule has 1 aromatic rings. The summed E-state index contributed by atoms with van der Waals surface area (Å²) in [5, 5.41) is 3.32. The third kappa shape index (κ3) is 2.52. The van der Waals surface area contributed by atoms with Crippen LogP contribution < -0.4 is 5.32 Å². The van der Waals surface area contributed by atoms with Gasteiger partial charge >= 0.3 is 0 Å². The summed E-state index contributed by atoms with van der Waals surface area (Å²) in [5.74, 6) is 0. The van der Waals surface area contributed by atoms with Crippen LogP contribution in [0.3, 0.4) is 0 Å². The number of nitrogens with zero attached hydrogens (tertiary/aromatic N) is 1. The Labute approximate surface area is 80.4 Å². The summed E-state index contributed by atoms with van der Waals surface area (Å²) in [4.78, 5) is 4.47. The largest absolute Gasteiger partial charge is 0.312 e. The standard InChI is InChI=1S/C9H12N2.C2H6/c1-7-2-3-8-6-10-5-4-9(8)11-7;1-2/h2-3,10H,4-6H2,1H3;1-2H3. The molecule has 72 valence electrons. The quantitative estimate of drug-likeness (QED) is 0.657. The van der Waals surface area contributed by atoms with Gasteiger partial charge in [-0.2, -0.15) is 0 Å². The van der Waals surface area contributed by atoms with Crippen molar-refractivity contribution in [1.82, 2.24) is 10.3 Å². The highest BCUT2D eigenvalue weighted by Crippen LogP contribution is 2.10. The summed E-state index contributed by atoms with van der Waals surface area (Å²) < 4.78 is 0. The van der Waals surface area contributed by atoms with Crippen molar-refractivity contribution < 1.29 is 0 Å². The van der Waals surface area contributed by atoms with Crippen LogP contribution in [-0.2, 0) is 13.0 Å². The molecule has 1 N–H and O–H groups in total. The van der Waals surface area contributed by atoms with E-state index in [1.54, 1.807) is 0 Å². The molecule has 0 spiro atoms. The highest BCUT2D eigenvalue weighted by atomic mass is 14.9. The van der Waals surface area contributed by atoms with E-state index in [9.17, 15) is 0 Å². The highest BCUT2D eigenvalue weighted by molar-refractivity contribution is 5.24. The number of hydrogen-bond acceptors (Lipinski definition) is 2. The maximum absolute atomic E-state index is 4.47. The van der Waals surface area contributed by atoms with Crippen LogP contribution in [0.4, 0.5) is 0 Å². The van der Waals surface area contributed by atoms with Gasteiger partial charge in [0.05, 0.1) is 0 Å². The third-order valence-corrected chi connectivity index (χ3v) is 2.06. The van der Waals surface area contributed by atoms with Gasteiger partial charge in [-0.3, -0.25) is 4.98 Å². The van der Waals surface area contributed by atoms with Gasteiger partial charge in [-0.1, -0.05) is 19.9 Å². The summed E-state index contributed by atoms with van der Waals surface area (Å²) >= 11 is 0. The van der Waals surface area contributed by atoms with E-state index < -0.39 is 0 Å². The van der Waals surface area contributed by atoms with Crippen molar-refractivity contribution in [3.05, 3.63) is 29.1 Å². The number of hydrogen-bond donors (Lipinski definition) is 1.